The molecule has 24 heavy (non-hydrogen) atoms. The first kappa shape index (κ1) is 16.3. The minimum atomic E-state index is -0.468. The summed E-state index contributed by atoms with van der Waals surface area (Å²) in [6.45, 7) is 9.48. The molecule has 1 aromatic carbocycles. The second kappa shape index (κ2) is 5.82. The Morgan fingerprint density at radius 2 is 1.83 bits per heavy atom. The minimum Gasteiger partial charge on any atom is -0.464 e. The van der Waals surface area contributed by atoms with Gasteiger partial charge in [0.15, 0.2) is 0 Å². The summed E-state index contributed by atoms with van der Waals surface area (Å²) in [5, 5.41) is 4.64. The van der Waals surface area contributed by atoms with Crippen molar-refractivity contribution in [2.75, 3.05) is 0 Å². The van der Waals surface area contributed by atoms with Crippen molar-refractivity contribution in [1.82, 2.24) is 5.32 Å². The highest BCUT2D eigenvalue weighted by Crippen LogP contribution is 2.32. The molecule has 0 aliphatic heterocycles. The third kappa shape index (κ3) is 2.60. The van der Waals surface area contributed by atoms with Crippen LogP contribution in [-0.2, 0) is 11.2 Å². The molecule has 5 nitrogen and oxygen atoms in total. The Kier molecular flexibility index (Phi) is 3.95. The molecule has 0 saturated carbocycles. The summed E-state index contributed by atoms with van der Waals surface area (Å²) in [6.07, 6.45) is 1.71. The first-order chi connectivity index (χ1) is 11.3. The van der Waals surface area contributed by atoms with E-state index in [-0.39, 0.29) is 18.4 Å². The van der Waals surface area contributed by atoms with E-state index in [1.165, 1.54) is 0 Å². The highest BCUT2D eigenvalue weighted by atomic mass is 16.4. The summed E-state index contributed by atoms with van der Waals surface area (Å²) in [4.78, 5) is 24.4. The van der Waals surface area contributed by atoms with Gasteiger partial charge in [0.25, 0.3) is 0 Å². The van der Waals surface area contributed by atoms with Gasteiger partial charge < -0.3 is 14.2 Å². The van der Waals surface area contributed by atoms with Crippen LogP contribution >= 0.6 is 0 Å². The predicted molar refractivity (Wildman–Crippen MR) is 93.4 cm³/mol. The van der Waals surface area contributed by atoms with Crippen molar-refractivity contribution in [2.24, 2.45) is 0 Å². The van der Waals surface area contributed by atoms with Gasteiger partial charge in [-0.3, -0.25) is 4.79 Å². The summed E-state index contributed by atoms with van der Waals surface area (Å²) in [5.41, 5.74) is 3.80. The first-order valence-corrected chi connectivity index (χ1v) is 8.02. The lowest BCUT2D eigenvalue weighted by Crippen LogP contribution is -2.33. The molecule has 0 atom stereocenters. The van der Waals surface area contributed by atoms with E-state index in [9.17, 15) is 9.59 Å². The molecule has 0 unspecified atom stereocenters. The number of hydrogen-bond acceptors (Lipinski definition) is 4. The number of carbonyl (C=O) groups is 1. The third-order valence-electron chi connectivity index (χ3n) is 4.32. The largest absolute Gasteiger partial charge is 0.464 e. The van der Waals surface area contributed by atoms with Gasteiger partial charge in [-0.05, 0) is 51.8 Å². The molecule has 5 heteroatoms. The number of amides is 1. The molecule has 0 aliphatic carbocycles. The summed E-state index contributed by atoms with van der Waals surface area (Å²) in [5.74, 6) is -0.183. The van der Waals surface area contributed by atoms with Crippen molar-refractivity contribution in [2.45, 2.75) is 47.1 Å². The van der Waals surface area contributed by atoms with E-state index < -0.39 is 5.63 Å². The normalized spacial score (nSPS) is 11.6. The molecule has 0 radical (unpaired) electrons. The number of hydrogen-bond donors (Lipinski definition) is 1. The Bertz CT molecular complexity index is 1010. The zero-order valence-corrected chi connectivity index (χ0v) is 14.6. The molecule has 0 bridgehead atoms. The monoisotopic (exact) mass is 327 g/mol. The van der Waals surface area contributed by atoms with Crippen LogP contribution in [0, 0.1) is 20.8 Å². The lowest BCUT2D eigenvalue weighted by Gasteiger charge is -2.11. The summed E-state index contributed by atoms with van der Waals surface area (Å²) >= 11 is 0. The van der Waals surface area contributed by atoms with E-state index in [1.54, 1.807) is 6.26 Å². The second-order valence-electron chi connectivity index (χ2n) is 6.57. The van der Waals surface area contributed by atoms with Crippen molar-refractivity contribution in [3.8, 4) is 0 Å². The second-order valence-corrected chi connectivity index (χ2v) is 6.57. The van der Waals surface area contributed by atoms with Crippen LogP contribution in [0.15, 0.2) is 26.0 Å². The molecule has 0 aliphatic rings. The van der Waals surface area contributed by atoms with E-state index in [0.717, 1.165) is 33.0 Å². The van der Waals surface area contributed by atoms with Crippen LogP contribution in [0.25, 0.3) is 21.9 Å². The molecule has 1 N–H and O–H groups in total. The SMILES string of the molecule is Cc1coc2c(C)c3oc(=O)c(CC(=O)NC(C)C)c(C)c3cc12. The summed E-state index contributed by atoms with van der Waals surface area (Å²) in [6, 6.07) is 2.00. The Hall–Kier alpha value is -2.56. The first-order valence-electron chi connectivity index (χ1n) is 8.02. The van der Waals surface area contributed by atoms with Gasteiger partial charge in [0, 0.05) is 22.4 Å². The van der Waals surface area contributed by atoms with Crippen molar-refractivity contribution in [3.05, 3.63) is 45.0 Å². The van der Waals surface area contributed by atoms with E-state index in [0.29, 0.717) is 11.1 Å². The van der Waals surface area contributed by atoms with E-state index in [1.807, 2.05) is 40.7 Å². The average Bonchev–Trinajstić information content (AvgIpc) is 2.86. The molecule has 2 heterocycles. The van der Waals surface area contributed by atoms with E-state index >= 15 is 0 Å². The van der Waals surface area contributed by atoms with Crippen LogP contribution in [0.3, 0.4) is 0 Å². The third-order valence-corrected chi connectivity index (χ3v) is 4.32. The number of furan rings is 1. The van der Waals surface area contributed by atoms with Crippen LogP contribution in [0.5, 0.6) is 0 Å². The maximum Gasteiger partial charge on any atom is 0.340 e. The van der Waals surface area contributed by atoms with Gasteiger partial charge in [-0.15, -0.1) is 0 Å². The predicted octanol–water partition coefficient (Wildman–Crippen LogP) is 3.53. The van der Waals surface area contributed by atoms with Gasteiger partial charge in [-0.1, -0.05) is 0 Å². The molecule has 2 aromatic heterocycles. The van der Waals surface area contributed by atoms with Crippen LogP contribution in [-0.4, -0.2) is 11.9 Å². The smallest absolute Gasteiger partial charge is 0.340 e. The molecule has 0 fully saturated rings. The Morgan fingerprint density at radius 3 is 2.50 bits per heavy atom. The van der Waals surface area contributed by atoms with Gasteiger partial charge in [0.1, 0.15) is 11.2 Å². The fraction of sp³-hybridized carbons (Fsp3) is 0.368. The fourth-order valence-corrected chi connectivity index (χ4v) is 3.06. The highest BCUT2D eigenvalue weighted by Gasteiger charge is 2.19. The summed E-state index contributed by atoms with van der Waals surface area (Å²) in [7, 11) is 0. The van der Waals surface area contributed by atoms with E-state index in [4.69, 9.17) is 8.83 Å². The standard InChI is InChI=1S/C19H21NO4/c1-9(2)20-16(21)7-15-11(4)14-6-13-10(3)8-23-17(13)12(5)18(14)24-19(15)22/h6,8-9H,7H2,1-5H3,(H,20,21). The molecular formula is C19H21NO4. The fourth-order valence-electron chi connectivity index (χ4n) is 3.06. The lowest BCUT2D eigenvalue weighted by molar-refractivity contribution is -0.120. The molecule has 1 amide bonds. The molecule has 126 valence electrons. The quantitative estimate of drug-likeness (QED) is 0.747. The molecule has 3 aromatic rings. The number of benzene rings is 1. The van der Waals surface area contributed by atoms with Gasteiger partial charge in [-0.25, -0.2) is 4.79 Å². The Labute approximate surface area is 139 Å². The topological polar surface area (TPSA) is 72.5 Å². The van der Waals surface area contributed by atoms with Crippen LogP contribution in [0.1, 0.15) is 36.1 Å². The van der Waals surface area contributed by atoms with Crippen LogP contribution < -0.4 is 10.9 Å². The van der Waals surface area contributed by atoms with Gasteiger partial charge >= 0.3 is 5.63 Å². The molecule has 0 saturated heterocycles. The zero-order valence-electron chi connectivity index (χ0n) is 14.6. The highest BCUT2D eigenvalue weighted by molar-refractivity contribution is 6.00. The number of aryl methyl sites for hydroxylation is 3. The summed E-state index contributed by atoms with van der Waals surface area (Å²) < 4.78 is 11.1. The van der Waals surface area contributed by atoms with Gasteiger partial charge in [0.2, 0.25) is 5.91 Å². The van der Waals surface area contributed by atoms with Crippen LogP contribution in [0.2, 0.25) is 0 Å². The number of fused-ring (bicyclic) bond motifs is 2. The number of nitrogens with one attached hydrogen (secondary N) is 1. The van der Waals surface area contributed by atoms with Crippen molar-refractivity contribution < 1.29 is 13.6 Å². The maximum absolute atomic E-state index is 12.4. The van der Waals surface area contributed by atoms with Crippen molar-refractivity contribution in [1.29, 1.82) is 0 Å². The van der Waals surface area contributed by atoms with Crippen molar-refractivity contribution in [3.63, 3.8) is 0 Å². The van der Waals surface area contributed by atoms with Gasteiger partial charge in [0.05, 0.1) is 18.2 Å². The Balaban J connectivity index is 2.22. The Morgan fingerprint density at radius 1 is 1.12 bits per heavy atom. The molecule has 3 rings (SSSR count). The van der Waals surface area contributed by atoms with Gasteiger partial charge in [-0.2, -0.15) is 0 Å². The number of rotatable bonds is 3. The van der Waals surface area contributed by atoms with Crippen molar-refractivity contribution >= 4 is 27.8 Å². The molecular weight excluding hydrogens is 306 g/mol. The molecule has 0 spiro atoms. The maximum atomic E-state index is 12.4. The number of carbonyl (C=O) groups excluding carboxylic acids is 1. The minimum absolute atomic E-state index is 0.0176. The van der Waals surface area contributed by atoms with Crippen LogP contribution in [0.4, 0.5) is 0 Å². The lowest BCUT2D eigenvalue weighted by atomic mass is 9.99. The van der Waals surface area contributed by atoms with E-state index in [2.05, 4.69) is 5.32 Å². The average molecular weight is 327 g/mol. The zero-order chi connectivity index (χ0) is 17.6.